The van der Waals surface area contributed by atoms with Gasteiger partial charge in [0.15, 0.2) is 0 Å². The normalized spacial score (nSPS) is 19.4. The van der Waals surface area contributed by atoms with E-state index in [1.807, 2.05) is 41.3 Å². The largest absolute Gasteiger partial charge is 0.369 e. The first-order valence-electron chi connectivity index (χ1n) is 24.6. The average molecular weight is 935 g/mol. The maximum Gasteiger partial charge on any atom is 0.322 e. The summed E-state index contributed by atoms with van der Waals surface area (Å²) in [5.74, 6) is -1.66. The molecule has 4 N–H and O–H groups in total. The molecule has 3 aromatic carbocycles. The average Bonchev–Trinajstić information content (AvgIpc) is 3.61. The second-order valence-electron chi connectivity index (χ2n) is 18.5. The van der Waals surface area contributed by atoms with Gasteiger partial charge in [-0.25, -0.2) is 9.78 Å². The first kappa shape index (κ1) is 48.3. The monoisotopic (exact) mass is 934 g/mol. The molecule has 4 aliphatic rings. The van der Waals surface area contributed by atoms with Crippen molar-refractivity contribution < 1.29 is 28.8 Å². The van der Waals surface area contributed by atoms with Gasteiger partial charge in [-0.3, -0.25) is 44.0 Å². The highest BCUT2D eigenvalue weighted by molar-refractivity contribution is 6.24. The van der Waals surface area contributed by atoms with Crippen molar-refractivity contribution in [3.05, 3.63) is 113 Å². The number of carbonyl (C=O) groups is 6. The third-order valence-corrected chi connectivity index (χ3v) is 13.8. The molecular weight excluding hydrogens is 873 g/mol. The Kier molecular flexibility index (Phi) is 16.3. The second kappa shape index (κ2) is 23.3. The number of benzene rings is 3. The highest BCUT2D eigenvalue weighted by atomic mass is 16.2. The van der Waals surface area contributed by atoms with Crippen LogP contribution >= 0.6 is 0 Å². The number of fused-ring (bicyclic) bond motifs is 1. The summed E-state index contributed by atoms with van der Waals surface area (Å²) in [5.41, 5.74) is 4.39. The number of rotatable bonds is 19. The van der Waals surface area contributed by atoms with Gasteiger partial charge in [0.25, 0.3) is 11.8 Å². The van der Waals surface area contributed by atoms with Crippen LogP contribution in [0.3, 0.4) is 0 Å². The Labute approximate surface area is 403 Å². The number of aromatic nitrogens is 1. The number of nitrogens with zero attached hydrogens (tertiary/aromatic N) is 6. The first-order chi connectivity index (χ1) is 33.6. The summed E-state index contributed by atoms with van der Waals surface area (Å²) in [6, 6.07) is 28.0. The number of amides is 7. The fourth-order valence-electron chi connectivity index (χ4n) is 9.92. The molecule has 8 rings (SSSR count). The van der Waals surface area contributed by atoms with Gasteiger partial charge in [-0.1, -0.05) is 62.4 Å². The van der Waals surface area contributed by atoms with Crippen LogP contribution in [0.2, 0.25) is 0 Å². The molecule has 360 valence electrons. The van der Waals surface area contributed by atoms with E-state index in [4.69, 9.17) is 5.26 Å². The molecule has 16 nitrogen and oxygen atoms in total. The van der Waals surface area contributed by atoms with E-state index < -0.39 is 29.7 Å². The molecule has 1 atom stereocenters. The summed E-state index contributed by atoms with van der Waals surface area (Å²) >= 11 is 0. The van der Waals surface area contributed by atoms with Crippen molar-refractivity contribution in [1.82, 2.24) is 25.4 Å². The molecule has 1 unspecified atom stereocenters. The summed E-state index contributed by atoms with van der Waals surface area (Å²) in [7, 11) is 0. The topological polar surface area (TPSA) is 200 Å². The Morgan fingerprint density at radius 3 is 2.17 bits per heavy atom. The minimum absolute atomic E-state index is 0.0514. The predicted molar refractivity (Wildman–Crippen MR) is 264 cm³/mol. The Morgan fingerprint density at radius 1 is 0.768 bits per heavy atom. The zero-order chi connectivity index (χ0) is 48.1. The van der Waals surface area contributed by atoms with Crippen LogP contribution in [0, 0.1) is 11.3 Å². The molecule has 1 aromatic heterocycles. The molecule has 2 saturated heterocycles. The summed E-state index contributed by atoms with van der Waals surface area (Å²) in [4.78, 5) is 88.9. The quantitative estimate of drug-likeness (QED) is 0.0541. The van der Waals surface area contributed by atoms with Crippen LogP contribution in [0.5, 0.6) is 0 Å². The lowest BCUT2D eigenvalue weighted by molar-refractivity contribution is -0.136. The zero-order valence-corrected chi connectivity index (χ0v) is 39.2. The molecule has 0 radical (unpaired) electrons. The highest BCUT2D eigenvalue weighted by Gasteiger charge is 2.44. The van der Waals surface area contributed by atoms with Crippen molar-refractivity contribution >= 4 is 58.4 Å². The van der Waals surface area contributed by atoms with Crippen LogP contribution < -0.4 is 31.1 Å². The van der Waals surface area contributed by atoms with Crippen molar-refractivity contribution in [3.63, 3.8) is 0 Å². The number of hydrogen-bond donors (Lipinski definition) is 4. The Hall–Kier alpha value is -7.12. The van der Waals surface area contributed by atoms with Crippen molar-refractivity contribution in [2.75, 3.05) is 53.2 Å². The van der Waals surface area contributed by atoms with Crippen LogP contribution in [-0.2, 0) is 20.9 Å². The number of hydrogen-bond acceptors (Lipinski definition) is 11. The van der Waals surface area contributed by atoms with Crippen molar-refractivity contribution in [3.8, 4) is 6.07 Å². The lowest BCUT2D eigenvalue weighted by Crippen LogP contribution is -2.54. The number of nitriles is 1. The van der Waals surface area contributed by atoms with Gasteiger partial charge in [0.1, 0.15) is 17.9 Å². The predicted octanol–water partition coefficient (Wildman–Crippen LogP) is 7.38. The fraction of sp³-hybridized carbons (Fsp3) is 0.434. The molecule has 3 aliphatic heterocycles. The zero-order valence-electron chi connectivity index (χ0n) is 39.2. The molecular formula is C53H62N10O6. The van der Waals surface area contributed by atoms with Crippen LogP contribution in [0.25, 0.3) is 0 Å². The van der Waals surface area contributed by atoms with Gasteiger partial charge in [0.2, 0.25) is 17.7 Å². The molecule has 0 spiro atoms. The van der Waals surface area contributed by atoms with Gasteiger partial charge in [-0.2, -0.15) is 5.26 Å². The number of carbonyl (C=O) groups excluding carboxylic acids is 6. The molecule has 16 heteroatoms. The number of piperidine rings is 1. The van der Waals surface area contributed by atoms with E-state index in [1.54, 1.807) is 18.3 Å². The standard InChI is InChI=1S/C53H62N10O6/c54-34-38-14-26-47(55-36-38)57-39-15-18-42(19-16-39)62(53(69)56-35-37-11-7-6-8-12-37)43-22-20-41(21-23-43)61-31-29-60(30-32-61)28-10-5-3-1-2-4-9-13-48(64)58-40-17-24-44-45(33-40)52(68)63(51(44)67)46-25-27-49(65)59-50(46)66/h6-8,11-12,14,17,20-24,26,33,36,39,42,46H,1-5,9-10,13,15-16,18-19,25,27-32,35H2,(H,55,57)(H,56,69)(H,58,64)(H,59,65,66). The Morgan fingerprint density at radius 2 is 1.48 bits per heavy atom. The van der Waals surface area contributed by atoms with Crippen molar-refractivity contribution in [1.29, 1.82) is 5.26 Å². The van der Waals surface area contributed by atoms with E-state index in [-0.39, 0.29) is 48.0 Å². The van der Waals surface area contributed by atoms with E-state index in [2.05, 4.69) is 66.4 Å². The van der Waals surface area contributed by atoms with E-state index in [0.717, 1.165) is 119 Å². The smallest absolute Gasteiger partial charge is 0.322 e. The van der Waals surface area contributed by atoms with Crippen LogP contribution in [0.4, 0.5) is 27.7 Å². The van der Waals surface area contributed by atoms with Gasteiger partial charge in [0.05, 0.1) is 16.7 Å². The third kappa shape index (κ3) is 12.5. The molecule has 69 heavy (non-hydrogen) atoms. The highest BCUT2D eigenvalue weighted by Crippen LogP contribution is 2.32. The number of unbranched alkanes of at least 4 members (excludes halogenated alkanes) is 6. The van der Waals surface area contributed by atoms with E-state index in [9.17, 15) is 28.8 Å². The van der Waals surface area contributed by atoms with Gasteiger partial charge >= 0.3 is 6.03 Å². The number of urea groups is 1. The molecule has 3 fully saturated rings. The number of piperazine rings is 1. The van der Waals surface area contributed by atoms with Gasteiger partial charge in [-0.05, 0) is 112 Å². The van der Waals surface area contributed by atoms with Gasteiger partial charge in [-0.15, -0.1) is 0 Å². The summed E-state index contributed by atoms with van der Waals surface area (Å²) in [6.45, 7) is 5.46. The third-order valence-electron chi connectivity index (χ3n) is 13.8. The number of pyridine rings is 1. The minimum atomic E-state index is -1.03. The lowest BCUT2D eigenvalue weighted by Gasteiger charge is -2.38. The lowest BCUT2D eigenvalue weighted by atomic mass is 9.90. The number of nitrogens with one attached hydrogen (secondary N) is 4. The molecule has 0 bridgehead atoms. The van der Waals surface area contributed by atoms with Crippen LogP contribution in [-0.4, -0.2) is 101 Å². The summed E-state index contributed by atoms with van der Waals surface area (Å²) < 4.78 is 0. The van der Waals surface area contributed by atoms with Crippen molar-refractivity contribution in [2.24, 2.45) is 0 Å². The van der Waals surface area contributed by atoms with Crippen LogP contribution in [0.1, 0.15) is 122 Å². The number of imide groups is 2. The van der Waals surface area contributed by atoms with E-state index in [0.29, 0.717) is 24.2 Å². The van der Waals surface area contributed by atoms with E-state index in [1.165, 1.54) is 24.2 Å². The van der Waals surface area contributed by atoms with Gasteiger partial charge in [0, 0.05) is 80.9 Å². The van der Waals surface area contributed by atoms with E-state index >= 15 is 0 Å². The Bertz CT molecular complexity index is 2500. The second-order valence-corrected chi connectivity index (χ2v) is 18.5. The number of anilines is 4. The summed E-state index contributed by atoms with van der Waals surface area (Å²) in [6.07, 6.45) is 13.0. The maximum absolute atomic E-state index is 13.9. The maximum atomic E-state index is 13.9. The van der Waals surface area contributed by atoms with Crippen LogP contribution in [0.15, 0.2) is 91.1 Å². The molecule has 4 aromatic rings. The molecule has 7 amide bonds. The van der Waals surface area contributed by atoms with Gasteiger partial charge < -0.3 is 20.9 Å². The SMILES string of the molecule is N#Cc1ccc(NC2CCC(N(C(=O)NCc3ccccc3)c3ccc(N4CCN(CCCCCCCCCC(=O)Nc5ccc6c(c5)C(=O)N(C5CCC(=O)NC5=O)C6=O)CC4)cc3)CC2)nc1. The summed E-state index contributed by atoms with van der Waals surface area (Å²) in [5, 5.41) is 20.9. The Balaban J connectivity index is 0.712. The molecule has 1 aliphatic carbocycles. The minimum Gasteiger partial charge on any atom is -0.369 e. The van der Waals surface area contributed by atoms with Crippen molar-refractivity contribution in [2.45, 2.75) is 115 Å². The fourth-order valence-corrected chi connectivity index (χ4v) is 9.92. The molecule has 1 saturated carbocycles. The first-order valence-corrected chi connectivity index (χ1v) is 24.6. The molecule has 4 heterocycles.